The molecule has 1 aliphatic rings. The van der Waals surface area contributed by atoms with Gasteiger partial charge >= 0.3 is 0 Å². The monoisotopic (exact) mass is 338 g/mol. The van der Waals surface area contributed by atoms with Gasteiger partial charge in [-0.3, -0.25) is 4.90 Å². The van der Waals surface area contributed by atoms with Crippen LogP contribution < -0.4 is 0 Å². The third kappa shape index (κ3) is 3.90. The van der Waals surface area contributed by atoms with Crippen molar-refractivity contribution < 1.29 is 4.74 Å². The average molecular weight is 339 g/mol. The molecule has 1 saturated heterocycles. The molecule has 0 aliphatic carbocycles. The standard InChI is InChI=1S/C15H22N4OS2/c1-18(8-12-5-7-22-11-12)10-14-16-17-15(21-2)19(14)9-13-4-3-6-20-13/h5,7,11,13H,3-4,6,8-10H2,1-2H3/t13-/m0/s1. The number of nitrogens with zero attached hydrogens (tertiary/aromatic N) is 4. The van der Waals surface area contributed by atoms with Crippen LogP contribution in [0.1, 0.15) is 24.2 Å². The Labute approximate surface area is 139 Å². The van der Waals surface area contributed by atoms with Crippen molar-refractivity contribution >= 4 is 23.1 Å². The SMILES string of the molecule is CSc1nnc(CN(C)Cc2ccsc2)n1C[C@@H]1CCCO1. The Kier molecular flexibility index (Phi) is 5.51. The summed E-state index contributed by atoms with van der Waals surface area (Å²) in [7, 11) is 2.13. The molecule has 0 radical (unpaired) electrons. The molecule has 1 aliphatic heterocycles. The van der Waals surface area contributed by atoms with Crippen molar-refractivity contribution in [3.63, 3.8) is 0 Å². The molecule has 0 saturated carbocycles. The molecule has 0 spiro atoms. The summed E-state index contributed by atoms with van der Waals surface area (Å²) in [5, 5.41) is 14.0. The summed E-state index contributed by atoms with van der Waals surface area (Å²) in [5.74, 6) is 1.03. The highest BCUT2D eigenvalue weighted by molar-refractivity contribution is 7.98. The number of hydrogen-bond donors (Lipinski definition) is 0. The van der Waals surface area contributed by atoms with Gasteiger partial charge in [0.15, 0.2) is 5.16 Å². The summed E-state index contributed by atoms with van der Waals surface area (Å²) >= 11 is 3.39. The van der Waals surface area contributed by atoms with Crippen LogP contribution in [0.25, 0.3) is 0 Å². The van der Waals surface area contributed by atoms with Gasteiger partial charge in [-0.25, -0.2) is 0 Å². The highest BCUT2D eigenvalue weighted by atomic mass is 32.2. The van der Waals surface area contributed by atoms with Crippen molar-refractivity contribution in [2.75, 3.05) is 19.9 Å². The molecule has 5 nitrogen and oxygen atoms in total. The van der Waals surface area contributed by atoms with Gasteiger partial charge in [0.25, 0.3) is 0 Å². The Bertz CT molecular complexity index is 578. The lowest BCUT2D eigenvalue weighted by Crippen LogP contribution is -2.23. The van der Waals surface area contributed by atoms with E-state index in [1.54, 1.807) is 23.1 Å². The maximum atomic E-state index is 5.77. The lowest BCUT2D eigenvalue weighted by Gasteiger charge is -2.18. The Morgan fingerprint density at radius 2 is 2.36 bits per heavy atom. The van der Waals surface area contributed by atoms with Crippen LogP contribution in [0.15, 0.2) is 22.0 Å². The molecule has 0 amide bonds. The minimum absolute atomic E-state index is 0.308. The van der Waals surface area contributed by atoms with Crippen molar-refractivity contribution in [1.29, 1.82) is 0 Å². The van der Waals surface area contributed by atoms with E-state index in [1.807, 2.05) is 0 Å². The van der Waals surface area contributed by atoms with E-state index in [4.69, 9.17) is 4.74 Å². The predicted octanol–water partition coefficient (Wildman–Crippen LogP) is 2.87. The van der Waals surface area contributed by atoms with Crippen molar-refractivity contribution in [3.8, 4) is 0 Å². The molecule has 0 unspecified atom stereocenters. The minimum Gasteiger partial charge on any atom is -0.376 e. The smallest absolute Gasteiger partial charge is 0.191 e. The number of rotatable bonds is 7. The van der Waals surface area contributed by atoms with Gasteiger partial charge in [-0.05, 0) is 48.5 Å². The van der Waals surface area contributed by atoms with E-state index in [9.17, 15) is 0 Å². The zero-order chi connectivity index (χ0) is 15.4. The largest absolute Gasteiger partial charge is 0.376 e. The molecule has 0 bridgehead atoms. The molecule has 0 aromatic carbocycles. The molecule has 1 atom stereocenters. The number of ether oxygens (including phenoxy) is 1. The second-order valence-electron chi connectivity index (χ2n) is 5.65. The van der Waals surface area contributed by atoms with Gasteiger partial charge in [0.2, 0.25) is 0 Å². The number of thioether (sulfide) groups is 1. The Hall–Kier alpha value is -0.890. The van der Waals surface area contributed by atoms with Crippen molar-refractivity contribution in [2.24, 2.45) is 0 Å². The van der Waals surface area contributed by atoms with Gasteiger partial charge < -0.3 is 9.30 Å². The van der Waals surface area contributed by atoms with Gasteiger partial charge in [0, 0.05) is 13.2 Å². The molecular formula is C15H22N4OS2. The second kappa shape index (κ2) is 7.59. The summed E-state index contributed by atoms with van der Waals surface area (Å²) in [4.78, 5) is 2.28. The van der Waals surface area contributed by atoms with E-state index in [0.717, 1.165) is 50.1 Å². The van der Waals surface area contributed by atoms with Gasteiger partial charge in [-0.2, -0.15) is 11.3 Å². The molecule has 1 fully saturated rings. The van der Waals surface area contributed by atoms with Crippen LogP contribution in [-0.2, 0) is 24.4 Å². The summed E-state index contributed by atoms with van der Waals surface area (Å²) in [6.45, 7) is 3.49. The highest BCUT2D eigenvalue weighted by Gasteiger charge is 2.21. The average Bonchev–Trinajstić information content (AvgIpc) is 3.23. The zero-order valence-corrected chi connectivity index (χ0v) is 14.7. The summed E-state index contributed by atoms with van der Waals surface area (Å²) < 4.78 is 8.00. The predicted molar refractivity (Wildman–Crippen MR) is 90.3 cm³/mol. The van der Waals surface area contributed by atoms with Crippen molar-refractivity contribution in [2.45, 2.75) is 43.7 Å². The van der Waals surface area contributed by atoms with Crippen LogP contribution in [0.5, 0.6) is 0 Å². The maximum Gasteiger partial charge on any atom is 0.191 e. The first-order valence-electron chi connectivity index (χ1n) is 7.53. The molecule has 22 heavy (non-hydrogen) atoms. The van der Waals surface area contributed by atoms with Gasteiger partial charge in [-0.1, -0.05) is 11.8 Å². The fourth-order valence-corrected chi connectivity index (χ4v) is 3.94. The number of hydrogen-bond acceptors (Lipinski definition) is 6. The van der Waals surface area contributed by atoms with Crippen LogP contribution in [0.4, 0.5) is 0 Å². The fraction of sp³-hybridized carbons (Fsp3) is 0.600. The van der Waals surface area contributed by atoms with Crippen LogP contribution >= 0.6 is 23.1 Å². The third-order valence-corrected chi connectivity index (χ3v) is 5.23. The molecule has 2 aromatic rings. The number of thiophene rings is 1. The molecule has 2 aromatic heterocycles. The number of aromatic nitrogens is 3. The van der Waals surface area contributed by atoms with E-state index in [0.29, 0.717) is 6.10 Å². The van der Waals surface area contributed by atoms with E-state index in [1.165, 1.54) is 5.56 Å². The second-order valence-corrected chi connectivity index (χ2v) is 7.21. The van der Waals surface area contributed by atoms with E-state index in [-0.39, 0.29) is 0 Å². The van der Waals surface area contributed by atoms with Crippen molar-refractivity contribution in [3.05, 3.63) is 28.2 Å². The lowest BCUT2D eigenvalue weighted by molar-refractivity contribution is 0.0934. The molecule has 3 heterocycles. The summed E-state index contributed by atoms with van der Waals surface area (Å²) in [6, 6.07) is 2.17. The summed E-state index contributed by atoms with van der Waals surface area (Å²) in [6.07, 6.45) is 4.66. The highest BCUT2D eigenvalue weighted by Crippen LogP contribution is 2.20. The maximum absolute atomic E-state index is 5.77. The van der Waals surface area contributed by atoms with Crippen LogP contribution in [0.3, 0.4) is 0 Å². The normalized spacial score (nSPS) is 18.4. The molecule has 3 rings (SSSR count). The van der Waals surface area contributed by atoms with E-state index in [2.05, 4.69) is 49.8 Å². The first-order valence-corrected chi connectivity index (χ1v) is 9.70. The van der Waals surface area contributed by atoms with E-state index >= 15 is 0 Å². The van der Waals surface area contributed by atoms with Gasteiger partial charge in [0.05, 0.1) is 19.2 Å². The molecule has 0 N–H and O–H groups in total. The Balaban J connectivity index is 1.67. The summed E-state index contributed by atoms with van der Waals surface area (Å²) in [5.41, 5.74) is 1.35. The molecular weight excluding hydrogens is 316 g/mol. The minimum atomic E-state index is 0.308. The molecule has 7 heteroatoms. The van der Waals surface area contributed by atoms with Crippen LogP contribution in [-0.4, -0.2) is 45.7 Å². The first-order chi connectivity index (χ1) is 10.8. The van der Waals surface area contributed by atoms with Crippen LogP contribution in [0, 0.1) is 0 Å². The fourth-order valence-electron chi connectivity index (χ4n) is 2.75. The topological polar surface area (TPSA) is 43.2 Å². The zero-order valence-electron chi connectivity index (χ0n) is 13.1. The van der Waals surface area contributed by atoms with E-state index < -0.39 is 0 Å². The quantitative estimate of drug-likeness (QED) is 0.726. The Morgan fingerprint density at radius 1 is 1.45 bits per heavy atom. The van der Waals surface area contributed by atoms with Gasteiger partial charge in [-0.15, -0.1) is 10.2 Å². The Morgan fingerprint density at radius 3 is 3.05 bits per heavy atom. The van der Waals surface area contributed by atoms with Crippen molar-refractivity contribution in [1.82, 2.24) is 19.7 Å². The van der Waals surface area contributed by atoms with Gasteiger partial charge in [0.1, 0.15) is 5.82 Å². The first kappa shape index (κ1) is 16.0. The third-order valence-electron chi connectivity index (χ3n) is 3.83. The van der Waals surface area contributed by atoms with Crippen LogP contribution in [0.2, 0.25) is 0 Å². The lowest BCUT2D eigenvalue weighted by atomic mass is 10.2. The molecule has 120 valence electrons.